The Morgan fingerprint density at radius 1 is 0.960 bits per heavy atom. The molecule has 3 nitrogen and oxygen atoms in total. The number of methoxy groups -OCH3 is 1. The molecule has 2 heterocycles. The summed E-state index contributed by atoms with van der Waals surface area (Å²) in [6, 6.07) is 12.9. The molecule has 1 aliphatic rings. The highest BCUT2D eigenvalue weighted by molar-refractivity contribution is 6.14. The first-order valence-corrected chi connectivity index (χ1v) is 7.73. The Morgan fingerprint density at radius 2 is 1.84 bits per heavy atom. The molecule has 0 atom stereocenters. The predicted molar refractivity (Wildman–Crippen MR) is 91.2 cm³/mol. The molecule has 0 aliphatic carbocycles. The quantitative estimate of drug-likeness (QED) is 0.382. The van der Waals surface area contributed by atoms with E-state index in [1.807, 2.05) is 18.2 Å². The molecule has 0 fully saturated rings. The van der Waals surface area contributed by atoms with Gasteiger partial charge in [0.1, 0.15) is 17.3 Å². The van der Waals surface area contributed by atoms with Gasteiger partial charge in [-0.25, -0.2) is 13.8 Å². The van der Waals surface area contributed by atoms with Crippen molar-refractivity contribution in [1.82, 2.24) is 4.98 Å². The van der Waals surface area contributed by atoms with E-state index in [1.54, 1.807) is 12.1 Å². The van der Waals surface area contributed by atoms with E-state index in [0.29, 0.717) is 33.7 Å². The largest absolute Gasteiger partial charge is 0.494 e. The number of fused-ring (bicyclic) bond motifs is 4. The van der Waals surface area contributed by atoms with Crippen LogP contribution < -0.4 is 9.47 Å². The van der Waals surface area contributed by atoms with Gasteiger partial charge in [0.15, 0.2) is 11.6 Å². The third-order valence-electron chi connectivity index (χ3n) is 4.47. The van der Waals surface area contributed by atoms with Crippen molar-refractivity contribution in [2.45, 2.75) is 0 Å². The van der Waals surface area contributed by atoms with E-state index in [9.17, 15) is 8.78 Å². The first-order chi connectivity index (χ1) is 12.2. The zero-order valence-electron chi connectivity index (χ0n) is 13.1. The Bertz CT molecular complexity index is 1190. The fraction of sp³-hybridized carbons (Fsp3) is 0.0500. The van der Waals surface area contributed by atoms with Crippen molar-refractivity contribution in [3.63, 3.8) is 0 Å². The number of benzene rings is 3. The van der Waals surface area contributed by atoms with E-state index in [2.05, 4.69) is 4.98 Å². The molecule has 4 aromatic rings. The van der Waals surface area contributed by atoms with Gasteiger partial charge in [-0.05, 0) is 35.7 Å². The number of aromatic nitrogens is 1. The van der Waals surface area contributed by atoms with Crippen molar-refractivity contribution < 1.29 is 18.3 Å². The van der Waals surface area contributed by atoms with Gasteiger partial charge in [0.25, 0.3) is 0 Å². The second-order valence-corrected chi connectivity index (χ2v) is 5.89. The molecule has 0 unspecified atom stereocenters. The van der Waals surface area contributed by atoms with Crippen molar-refractivity contribution in [2.24, 2.45) is 0 Å². The molecule has 0 N–H and O–H groups in total. The summed E-state index contributed by atoms with van der Waals surface area (Å²) in [4.78, 5) is 4.67. The molecule has 0 radical (unpaired) electrons. The van der Waals surface area contributed by atoms with Crippen LogP contribution in [-0.4, -0.2) is 12.1 Å². The van der Waals surface area contributed by atoms with Gasteiger partial charge in [0.2, 0.25) is 0 Å². The SMILES string of the molecule is COc1cc2nc3c4c(cccc4c2cc1F)Oc1ccc(F)cc1-3. The molecule has 122 valence electrons. The van der Waals surface area contributed by atoms with Crippen LogP contribution in [0.3, 0.4) is 0 Å². The Kier molecular flexibility index (Phi) is 2.77. The molecule has 0 amide bonds. The zero-order chi connectivity index (χ0) is 17.1. The van der Waals surface area contributed by atoms with Crippen LogP contribution in [0.25, 0.3) is 32.9 Å². The average molecular weight is 335 g/mol. The summed E-state index contributed by atoms with van der Waals surface area (Å²) in [5, 5.41) is 2.20. The van der Waals surface area contributed by atoms with Gasteiger partial charge in [-0.3, -0.25) is 0 Å². The number of halogens is 2. The van der Waals surface area contributed by atoms with E-state index in [0.717, 1.165) is 10.8 Å². The van der Waals surface area contributed by atoms with Crippen molar-refractivity contribution in [3.05, 3.63) is 60.2 Å². The Balaban J connectivity index is 1.98. The minimum Gasteiger partial charge on any atom is -0.494 e. The monoisotopic (exact) mass is 335 g/mol. The fourth-order valence-corrected chi connectivity index (χ4v) is 3.36. The van der Waals surface area contributed by atoms with Crippen LogP contribution >= 0.6 is 0 Å². The lowest BCUT2D eigenvalue weighted by molar-refractivity contribution is 0.387. The van der Waals surface area contributed by atoms with Gasteiger partial charge in [-0.2, -0.15) is 0 Å². The summed E-state index contributed by atoms with van der Waals surface area (Å²) in [5.74, 6) is 0.461. The van der Waals surface area contributed by atoms with E-state index in [-0.39, 0.29) is 11.6 Å². The number of rotatable bonds is 1. The zero-order valence-corrected chi connectivity index (χ0v) is 13.1. The molecule has 0 spiro atoms. The molecular weight excluding hydrogens is 324 g/mol. The van der Waals surface area contributed by atoms with Crippen LogP contribution in [0.5, 0.6) is 17.2 Å². The summed E-state index contributed by atoms with van der Waals surface area (Å²) in [7, 11) is 1.41. The van der Waals surface area contributed by atoms with Crippen LogP contribution in [0.2, 0.25) is 0 Å². The average Bonchev–Trinajstić information content (AvgIpc) is 2.62. The first kappa shape index (κ1) is 14.2. The lowest BCUT2D eigenvalue weighted by Crippen LogP contribution is -2.01. The Morgan fingerprint density at radius 3 is 2.68 bits per heavy atom. The predicted octanol–water partition coefficient (Wildman–Crippen LogP) is 5.45. The summed E-state index contributed by atoms with van der Waals surface area (Å²) in [6.07, 6.45) is 0. The van der Waals surface area contributed by atoms with Crippen LogP contribution in [0.4, 0.5) is 8.78 Å². The van der Waals surface area contributed by atoms with Gasteiger partial charge in [0, 0.05) is 17.0 Å². The minimum absolute atomic E-state index is 0.120. The van der Waals surface area contributed by atoms with Crippen molar-refractivity contribution >= 4 is 21.7 Å². The molecule has 25 heavy (non-hydrogen) atoms. The van der Waals surface area contributed by atoms with Crippen LogP contribution in [0, 0.1) is 11.6 Å². The summed E-state index contributed by atoms with van der Waals surface area (Å²) in [5.41, 5.74) is 1.77. The normalized spacial score (nSPS) is 12.1. The maximum atomic E-state index is 14.2. The summed E-state index contributed by atoms with van der Waals surface area (Å²) in [6.45, 7) is 0. The molecule has 0 saturated heterocycles. The molecule has 3 aromatic carbocycles. The molecule has 0 saturated carbocycles. The smallest absolute Gasteiger partial charge is 0.165 e. The molecular formula is C20H11F2NO2. The van der Waals surface area contributed by atoms with Gasteiger partial charge in [0.05, 0.1) is 23.7 Å². The third-order valence-corrected chi connectivity index (χ3v) is 4.47. The maximum absolute atomic E-state index is 14.2. The fourth-order valence-electron chi connectivity index (χ4n) is 3.36. The van der Waals surface area contributed by atoms with E-state index >= 15 is 0 Å². The molecule has 5 heteroatoms. The van der Waals surface area contributed by atoms with Gasteiger partial charge in [-0.15, -0.1) is 0 Å². The Hall–Kier alpha value is -3.21. The number of hydrogen-bond acceptors (Lipinski definition) is 3. The number of nitrogens with zero attached hydrogens (tertiary/aromatic N) is 1. The summed E-state index contributed by atoms with van der Waals surface area (Å²) >= 11 is 0. The highest BCUT2D eigenvalue weighted by Gasteiger charge is 2.24. The van der Waals surface area contributed by atoms with Crippen molar-refractivity contribution in [1.29, 1.82) is 0 Å². The number of ether oxygens (including phenoxy) is 2. The van der Waals surface area contributed by atoms with Crippen molar-refractivity contribution in [3.8, 4) is 28.5 Å². The lowest BCUT2D eigenvalue weighted by Gasteiger charge is -2.21. The lowest BCUT2D eigenvalue weighted by atomic mass is 9.96. The van der Waals surface area contributed by atoms with Crippen LogP contribution in [-0.2, 0) is 0 Å². The molecule has 0 bridgehead atoms. The van der Waals surface area contributed by atoms with E-state index in [4.69, 9.17) is 9.47 Å². The topological polar surface area (TPSA) is 31.4 Å². The second-order valence-electron chi connectivity index (χ2n) is 5.89. The number of pyridine rings is 1. The third kappa shape index (κ3) is 1.92. The van der Waals surface area contributed by atoms with Crippen molar-refractivity contribution in [2.75, 3.05) is 7.11 Å². The molecule has 5 rings (SSSR count). The standard InChI is InChI=1S/C20H11F2NO2/c1-24-18-9-15-12(8-14(18)22)11-3-2-4-17-19(11)20(23-15)13-7-10(21)5-6-16(13)25-17/h2-9H,1H3. The van der Waals surface area contributed by atoms with E-state index < -0.39 is 5.82 Å². The maximum Gasteiger partial charge on any atom is 0.165 e. The first-order valence-electron chi connectivity index (χ1n) is 7.73. The Labute approximate surface area is 141 Å². The van der Waals surface area contributed by atoms with Crippen LogP contribution in [0.1, 0.15) is 0 Å². The number of hydrogen-bond donors (Lipinski definition) is 0. The highest BCUT2D eigenvalue weighted by Crippen LogP contribution is 2.47. The van der Waals surface area contributed by atoms with Gasteiger partial charge in [-0.1, -0.05) is 12.1 Å². The van der Waals surface area contributed by atoms with Gasteiger partial charge >= 0.3 is 0 Å². The van der Waals surface area contributed by atoms with Gasteiger partial charge < -0.3 is 9.47 Å². The van der Waals surface area contributed by atoms with E-state index in [1.165, 1.54) is 25.3 Å². The highest BCUT2D eigenvalue weighted by atomic mass is 19.1. The molecule has 1 aliphatic heterocycles. The van der Waals surface area contributed by atoms with Crippen LogP contribution in [0.15, 0.2) is 48.5 Å². The second kappa shape index (κ2) is 4.89. The summed E-state index contributed by atoms with van der Waals surface area (Å²) < 4.78 is 39.0. The minimum atomic E-state index is -0.458. The molecule has 1 aromatic heterocycles.